The lowest BCUT2D eigenvalue weighted by atomic mass is 10.1. The second-order valence-electron chi connectivity index (χ2n) is 4.83. The van der Waals surface area contributed by atoms with E-state index in [0.29, 0.717) is 13.1 Å². The van der Waals surface area contributed by atoms with E-state index in [-0.39, 0.29) is 11.1 Å². The number of rotatable bonds is 5. The van der Waals surface area contributed by atoms with Gasteiger partial charge in [-0.2, -0.15) is 5.26 Å². The third-order valence-electron chi connectivity index (χ3n) is 3.00. The van der Waals surface area contributed by atoms with E-state index in [1.54, 1.807) is 19.9 Å². The van der Waals surface area contributed by atoms with Crippen molar-refractivity contribution in [1.29, 1.82) is 5.26 Å². The van der Waals surface area contributed by atoms with E-state index in [1.165, 1.54) is 4.90 Å². The van der Waals surface area contributed by atoms with Crippen LogP contribution in [0.1, 0.15) is 19.4 Å². The van der Waals surface area contributed by atoms with Gasteiger partial charge in [-0.05, 0) is 31.6 Å². The summed E-state index contributed by atoms with van der Waals surface area (Å²) < 4.78 is 8.88. The van der Waals surface area contributed by atoms with Gasteiger partial charge in [-0.15, -0.1) is 0 Å². The van der Waals surface area contributed by atoms with Crippen LogP contribution in [0.2, 0.25) is 0 Å². The number of nitriles is 1. The summed E-state index contributed by atoms with van der Waals surface area (Å²) in [5, 5.41) is 38.8. The van der Waals surface area contributed by atoms with Gasteiger partial charge in [0.25, 0.3) is 5.91 Å². The summed E-state index contributed by atoms with van der Waals surface area (Å²) in [5.41, 5.74) is -0.860. The fourth-order valence-corrected chi connectivity index (χ4v) is 1.84. The first-order valence-electron chi connectivity index (χ1n) is 7.25. The molecule has 0 radical (unpaired) electrons. The smallest absolute Gasteiger partial charge is 0.466 e. The molecule has 0 aliphatic rings. The van der Waals surface area contributed by atoms with Gasteiger partial charge in [0.1, 0.15) is 11.6 Å². The standard InChI is InChI=1S/C14H15N3O5.H3O4P/c1-3-16(4-2)14(20)10(8-15)5-9-6-11(17(21)22)13(19)12(18)7-9;1-5(2,3)4/h5-7,18-19H,3-4H2,1-2H3;(H3,1,2,3,4)/b10-5+;. The molecule has 0 saturated carbocycles. The first-order chi connectivity index (χ1) is 12.3. The topological polar surface area (TPSA) is 205 Å². The number of carbonyl (C=O) groups excluding carboxylic acids is 1. The number of likely N-dealkylation sites (N-methyl/N-ethyl adjacent to an activating group) is 1. The molecule has 0 bridgehead atoms. The fourth-order valence-electron chi connectivity index (χ4n) is 1.84. The molecule has 0 saturated heterocycles. The van der Waals surface area contributed by atoms with Crippen LogP contribution in [0.3, 0.4) is 0 Å². The van der Waals surface area contributed by atoms with Gasteiger partial charge in [0.15, 0.2) is 5.75 Å². The number of hydrogen-bond donors (Lipinski definition) is 5. The maximum absolute atomic E-state index is 12.1. The minimum atomic E-state index is -4.64. The SMILES string of the molecule is CCN(CC)C(=O)/C(C#N)=C/c1cc(O)c(O)c([N+](=O)[O-])c1.O=P(O)(O)O. The molecule has 0 fully saturated rings. The fraction of sp³-hybridized carbons (Fsp3) is 0.286. The summed E-state index contributed by atoms with van der Waals surface area (Å²) in [4.78, 5) is 45.0. The van der Waals surface area contributed by atoms with Crippen molar-refractivity contribution < 1.29 is 39.2 Å². The highest BCUT2D eigenvalue weighted by Gasteiger charge is 2.20. The van der Waals surface area contributed by atoms with Gasteiger partial charge in [-0.1, -0.05) is 0 Å². The predicted molar refractivity (Wildman–Crippen MR) is 92.2 cm³/mol. The zero-order valence-corrected chi connectivity index (χ0v) is 15.2. The zero-order chi connectivity index (χ0) is 21.4. The van der Waals surface area contributed by atoms with Crippen molar-refractivity contribution in [3.05, 3.63) is 33.4 Å². The lowest BCUT2D eigenvalue weighted by Gasteiger charge is -2.17. The number of carbonyl (C=O) groups is 1. The van der Waals surface area contributed by atoms with Crippen molar-refractivity contribution >= 4 is 25.5 Å². The van der Waals surface area contributed by atoms with E-state index in [9.17, 15) is 25.1 Å². The number of phenolic OH excluding ortho intramolecular Hbond substituents is 2. The van der Waals surface area contributed by atoms with Crippen LogP contribution in [0.5, 0.6) is 11.5 Å². The second kappa shape index (κ2) is 10.2. The quantitative estimate of drug-likeness (QED) is 0.117. The van der Waals surface area contributed by atoms with Crippen LogP contribution >= 0.6 is 7.82 Å². The number of phosphoric acid groups is 1. The Balaban J connectivity index is 0.00000119. The van der Waals surface area contributed by atoms with Crippen LogP contribution in [0.25, 0.3) is 6.08 Å². The molecule has 0 spiro atoms. The van der Waals surface area contributed by atoms with Gasteiger partial charge in [0.05, 0.1) is 4.92 Å². The molecule has 1 amide bonds. The Hall–Kier alpha value is -2.97. The van der Waals surface area contributed by atoms with Crippen LogP contribution in [0.4, 0.5) is 5.69 Å². The van der Waals surface area contributed by atoms with E-state index in [1.807, 2.05) is 0 Å². The van der Waals surface area contributed by atoms with Gasteiger partial charge in [-0.3, -0.25) is 14.9 Å². The Morgan fingerprint density at radius 2 is 1.78 bits per heavy atom. The zero-order valence-electron chi connectivity index (χ0n) is 14.3. The van der Waals surface area contributed by atoms with Crippen LogP contribution < -0.4 is 0 Å². The molecule has 148 valence electrons. The molecule has 12 nitrogen and oxygen atoms in total. The highest BCUT2D eigenvalue weighted by atomic mass is 31.2. The van der Waals surface area contributed by atoms with E-state index in [2.05, 4.69) is 0 Å². The van der Waals surface area contributed by atoms with Crippen LogP contribution in [-0.4, -0.2) is 53.7 Å². The Labute approximate surface area is 153 Å². The molecule has 0 atom stereocenters. The molecule has 1 aromatic rings. The lowest BCUT2D eigenvalue weighted by molar-refractivity contribution is -0.386. The number of hydrogen-bond acceptors (Lipinski definition) is 7. The summed E-state index contributed by atoms with van der Waals surface area (Å²) in [6.07, 6.45) is 1.13. The maximum Gasteiger partial charge on any atom is 0.466 e. The lowest BCUT2D eigenvalue weighted by Crippen LogP contribution is -2.31. The first-order valence-corrected chi connectivity index (χ1v) is 8.81. The van der Waals surface area contributed by atoms with Crippen molar-refractivity contribution in [3.63, 3.8) is 0 Å². The molecule has 5 N–H and O–H groups in total. The van der Waals surface area contributed by atoms with E-state index in [0.717, 1.165) is 18.2 Å². The van der Waals surface area contributed by atoms with Gasteiger partial charge >= 0.3 is 13.5 Å². The van der Waals surface area contributed by atoms with Crippen LogP contribution in [0.15, 0.2) is 17.7 Å². The summed E-state index contributed by atoms with van der Waals surface area (Å²) in [7, 11) is -4.64. The average Bonchev–Trinajstić information content (AvgIpc) is 2.54. The van der Waals surface area contributed by atoms with Crippen LogP contribution in [0, 0.1) is 21.4 Å². The van der Waals surface area contributed by atoms with Gasteiger partial charge in [0, 0.05) is 19.2 Å². The monoisotopic (exact) mass is 403 g/mol. The van der Waals surface area contributed by atoms with Crippen molar-refractivity contribution in [1.82, 2.24) is 4.90 Å². The predicted octanol–water partition coefficient (Wildman–Crippen LogP) is 0.853. The van der Waals surface area contributed by atoms with Gasteiger partial charge in [0.2, 0.25) is 5.75 Å². The molecule has 0 aliphatic carbocycles. The molecule has 27 heavy (non-hydrogen) atoms. The number of nitro groups is 1. The molecule has 0 unspecified atom stereocenters. The van der Waals surface area contributed by atoms with E-state index >= 15 is 0 Å². The van der Waals surface area contributed by atoms with E-state index < -0.39 is 35.8 Å². The van der Waals surface area contributed by atoms with Crippen molar-refractivity contribution in [3.8, 4) is 17.6 Å². The largest absolute Gasteiger partial charge is 0.504 e. The van der Waals surface area contributed by atoms with Crippen LogP contribution in [-0.2, 0) is 9.36 Å². The summed E-state index contributed by atoms with van der Waals surface area (Å²) >= 11 is 0. The minimum absolute atomic E-state index is 0.0686. The Bertz CT molecular complexity index is 814. The Morgan fingerprint density at radius 3 is 2.15 bits per heavy atom. The number of nitro benzene ring substituents is 1. The molecule has 1 rings (SSSR count). The molecule has 0 aliphatic heterocycles. The molecule has 13 heteroatoms. The third kappa shape index (κ3) is 8.30. The van der Waals surface area contributed by atoms with Crippen molar-refractivity contribution in [2.75, 3.05) is 13.1 Å². The molecular weight excluding hydrogens is 385 g/mol. The number of amides is 1. The highest BCUT2D eigenvalue weighted by Crippen LogP contribution is 2.36. The number of nitrogens with zero attached hydrogens (tertiary/aromatic N) is 3. The summed E-state index contributed by atoms with van der Waals surface area (Å²) in [6, 6.07) is 3.75. The van der Waals surface area contributed by atoms with Crippen molar-refractivity contribution in [2.45, 2.75) is 13.8 Å². The van der Waals surface area contributed by atoms with E-state index in [4.69, 9.17) is 24.5 Å². The maximum atomic E-state index is 12.1. The van der Waals surface area contributed by atoms with Gasteiger partial charge in [-0.25, -0.2) is 4.57 Å². The number of phenols is 2. The normalized spacial score (nSPS) is 11.0. The average molecular weight is 403 g/mol. The molecule has 1 aromatic carbocycles. The first kappa shape index (κ1) is 24.0. The van der Waals surface area contributed by atoms with Crippen molar-refractivity contribution in [2.24, 2.45) is 0 Å². The summed E-state index contributed by atoms with van der Waals surface area (Å²) in [6.45, 7) is 4.34. The molecular formula is C14H18N3O9P. The molecule has 0 aromatic heterocycles. The number of benzene rings is 1. The molecule has 0 heterocycles. The number of aromatic hydroxyl groups is 2. The van der Waals surface area contributed by atoms with Gasteiger partial charge < -0.3 is 29.8 Å². The third-order valence-corrected chi connectivity index (χ3v) is 3.00. The highest BCUT2D eigenvalue weighted by molar-refractivity contribution is 7.45. The summed E-state index contributed by atoms with van der Waals surface area (Å²) in [5.74, 6) is -2.08. The Kier molecular flexibility index (Phi) is 9.12. The Morgan fingerprint density at radius 1 is 1.30 bits per heavy atom. The second-order valence-corrected chi connectivity index (χ2v) is 5.85. The minimum Gasteiger partial charge on any atom is -0.504 e.